The summed E-state index contributed by atoms with van der Waals surface area (Å²) in [6, 6.07) is 0. The molecule has 1 rings (SSSR count). The van der Waals surface area contributed by atoms with Crippen molar-refractivity contribution in [3.8, 4) is 0 Å². The Kier molecular flexibility index (Phi) is 6.27. The van der Waals surface area contributed by atoms with E-state index in [0.29, 0.717) is 10.4 Å². The number of aromatic amines is 1. The molecule has 0 bridgehead atoms. The highest BCUT2D eigenvalue weighted by Gasteiger charge is 2.10. The summed E-state index contributed by atoms with van der Waals surface area (Å²) in [6.45, 7) is 6.40. The number of halogens is 1. The molecule has 0 spiro atoms. The van der Waals surface area contributed by atoms with Gasteiger partial charge in [0.25, 0.3) is 5.56 Å². The van der Waals surface area contributed by atoms with Gasteiger partial charge in [-0.1, -0.05) is 20.8 Å². The Labute approximate surface area is 115 Å². The number of nitrogens with one attached hydrogen (secondary N) is 1. The van der Waals surface area contributed by atoms with Crippen molar-refractivity contribution in [1.29, 1.82) is 0 Å². The van der Waals surface area contributed by atoms with E-state index in [1.165, 1.54) is 0 Å². The number of H-pyrrole nitrogens is 1. The largest absolute Gasteiger partial charge is 0.309 e. The predicted octanol–water partition coefficient (Wildman–Crippen LogP) is 3.37. The van der Waals surface area contributed by atoms with E-state index in [1.807, 2.05) is 0 Å². The maximum absolute atomic E-state index is 11.7. The van der Waals surface area contributed by atoms with Crippen LogP contribution < -0.4 is 5.56 Å². The van der Waals surface area contributed by atoms with Gasteiger partial charge in [-0.2, -0.15) is 11.8 Å². The molecule has 96 valence electrons. The lowest BCUT2D eigenvalue weighted by Crippen LogP contribution is -2.16. The zero-order valence-electron chi connectivity index (χ0n) is 10.5. The van der Waals surface area contributed by atoms with E-state index in [0.717, 1.165) is 35.9 Å². The monoisotopic (exact) mass is 318 g/mol. The molecule has 0 radical (unpaired) electrons. The van der Waals surface area contributed by atoms with Gasteiger partial charge in [0.05, 0.1) is 11.4 Å². The van der Waals surface area contributed by atoms with Crippen LogP contribution in [0.4, 0.5) is 0 Å². The molecule has 1 aromatic rings. The Morgan fingerprint density at radius 2 is 2.18 bits per heavy atom. The van der Waals surface area contributed by atoms with Crippen LogP contribution in [-0.4, -0.2) is 15.7 Å². The second-order valence-corrected chi connectivity index (χ2v) is 6.32. The molecule has 0 amide bonds. The Bertz CT molecular complexity index is 417. The third kappa shape index (κ3) is 4.84. The van der Waals surface area contributed by atoms with Crippen LogP contribution in [0.5, 0.6) is 0 Å². The minimum atomic E-state index is -0.0669. The molecule has 0 aliphatic heterocycles. The summed E-state index contributed by atoms with van der Waals surface area (Å²) in [7, 11) is 0. The van der Waals surface area contributed by atoms with Crippen LogP contribution in [0.25, 0.3) is 0 Å². The lowest BCUT2D eigenvalue weighted by atomic mass is 10.1. The van der Waals surface area contributed by atoms with Crippen LogP contribution >= 0.6 is 27.7 Å². The fraction of sp³-hybridized carbons (Fsp3) is 0.667. The van der Waals surface area contributed by atoms with Gasteiger partial charge in [0.15, 0.2) is 0 Å². The molecule has 0 atom stereocenters. The number of aromatic nitrogens is 2. The number of nitrogens with zero attached hydrogens (tertiary/aromatic N) is 1. The molecule has 0 saturated carbocycles. The fourth-order valence-corrected chi connectivity index (χ4v) is 2.57. The lowest BCUT2D eigenvalue weighted by Gasteiger charge is -2.08. The van der Waals surface area contributed by atoms with E-state index < -0.39 is 0 Å². The molecule has 0 aliphatic rings. The standard InChI is InChI=1S/C12H19BrN2OS/c1-4-5-17-7-10-14-9(6-8(2)3)11(13)12(16)15-10/h8H,4-7H2,1-3H3,(H,14,15,16). The van der Waals surface area contributed by atoms with E-state index in [-0.39, 0.29) is 5.56 Å². The van der Waals surface area contributed by atoms with Crippen molar-refractivity contribution in [2.75, 3.05) is 5.75 Å². The van der Waals surface area contributed by atoms with Crippen LogP contribution in [0.2, 0.25) is 0 Å². The van der Waals surface area contributed by atoms with Crippen LogP contribution in [0, 0.1) is 5.92 Å². The Morgan fingerprint density at radius 3 is 2.76 bits per heavy atom. The fourth-order valence-electron chi connectivity index (χ4n) is 1.46. The van der Waals surface area contributed by atoms with Crippen LogP contribution in [0.1, 0.15) is 38.7 Å². The summed E-state index contributed by atoms with van der Waals surface area (Å²) in [5.74, 6) is 3.16. The summed E-state index contributed by atoms with van der Waals surface area (Å²) < 4.78 is 0.579. The molecule has 0 fully saturated rings. The van der Waals surface area contributed by atoms with Gasteiger partial charge in [-0.15, -0.1) is 0 Å². The number of thioether (sulfide) groups is 1. The maximum Gasteiger partial charge on any atom is 0.265 e. The molecule has 0 aliphatic carbocycles. The predicted molar refractivity (Wildman–Crippen MR) is 77.6 cm³/mol. The summed E-state index contributed by atoms with van der Waals surface area (Å²) in [6.07, 6.45) is 1.97. The van der Waals surface area contributed by atoms with Crippen molar-refractivity contribution in [2.24, 2.45) is 5.92 Å². The van der Waals surface area contributed by atoms with Gasteiger partial charge in [0.2, 0.25) is 0 Å². The topological polar surface area (TPSA) is 45.8 Å². The molecule has 1 N–H and O–H groups in total. The van der Waals surface area contributed by atoms with E-state index >= 15 is 0 Å². The highest BCUT2D eigenvalue weighted by atomic mass is 79.9. The summed E-state index contributed by atoms with van der Waals surface area (Å²) in [5.41, 5.74) is 0.804. The quantitative estimate of drug-likeness (QED) is 0.818. The Balaban J connectivity index is 2.86. The van der Waals surface area contributed by atoms with Gasteiger partial charge in [0.1, 0.15) is 10.3 Å². The number of rotatable bonds is 6. The number of hydrogen-bond acceptors (Lipinski definition) is 3. The molecule has 1 aromatic heterocycles. The maximum atomic E-state index is 11.7. The van der Waals surface area contributed by atoms with Crippen LogP contribution in [0.15, 0.2) is 9.27 Å². The van der Waals surface area contributed by atoms with Gasteiger partial charge in [-0.25, -0.2) is 4.98 Å². The summed E-state index contributed by atoms with van der Waals surface area (Å²) in [4.78, 5) is 19.1. The molecule has 5 heteroatoms. The minimum Gasteiger partial charge on any atom is -0.309 e. The zero-order valence-corrected chi connectivity index (χ0v) is 12.9. The van der Waals surface area contributed by atoms with Crippen molar-refractivity contribution < 1.29 is 0 Å². The normalized spacial score (nSPS) is 11.1. The van der Waals surface area contributed by atoms with Gasteiger partial charge in [-0.05, 0) is 40.4 Å². The molecule has 1 heterocycles. The third-order valence-electron chi connectivity index (χ3n) is 2.17. The third-order valence-corrected chi connectivity index (χ3v) is 4.16. The van der Waals surface area contributed by atoms with E-state index in [9.17, 15) is 4.79 Å². The van der Waals surface area contributed by atoms with Gasteiger partial charge in [0, 0.05) is 0 Å². The second kappa shape index (κ2) is 7.21. The molecule has 0 unspecified atom stereocenters. The second-order valence-electron chi connectivity index (χ2n) is 4.42. The zero-order chi connectivity index (χ0) is 12.8. The molecular weight excluding hydrogens is 300 g/mol. The van der Waals surface area contributed by atoms with Crippen molar-refractivity contribution in [1.82, 2.24) is 9.97 Å². The number of hydrogen-bond donors (Lipinski definition) is 1. The van der Waals surface area contributed by atoms with Gasteiger partial charge in [-0.3, -0.25) is 4.79 Å². The van der Waals surface area contributed by atoms with Crippen LogP contribution in [-0.2, 0) is 12.2 Å². The van der Waals surface area contributed by atoms with Crippen molar-refractivity contribution in [3.05, 3.63) is 26.3 Å². The molecule has 0 saturated heterocycles. The van der Waals surface area contributed by atoms with Gasteiger partial charge >= 0.3 is 0 Å². The smallest absolute Gasteiger partial charge is 0.265 e. The molecule has 17 heavy (non-hydrogen) atoms. The summed E-state index contributed by atoms with van der Waals surface area (Å²) >= 11 is 5.11. The highest BCUT2D eigenvalue weighted by Crippen LogP contribution is 2.16. The molecule has 3 nitrogen and oxygen atoms in total. The van der Waals surface area contributed by atoms with Gasteiger partial charge < -0.3 is 4.98 Å². The average Bonchev–Trinajstić information content (AvgIpc) is 2.25. The Morgan fingerprint density at radius 1 is 1.47 bits per heavy atom. The first-order chi connectivity index (χ1) is 8.04. The van der Waals surface area contributed by atoms with Crippen molar-refractivity contribution >= 4 is 27.7 Å². The first kappa shape index (κ1) is 14.8. The average molecular weight is 319 g/mol. The molecule has 0 aromatic carbocycles. The van der Waals surface area contributed by atoms with Crippen LogP contribution in [0.3, 0.4) is 0 Å². The minimum absolute atomic E-state index is 0.0669. The van der Waals surface area contributed by atoms with E-state index in [1.54, 1.807) is 11.8 Å². The van der Waals surface area contributed by atoms with E-state index in [2.05, 4.69) is 46.7 Å². The first-order valence-electron chi connectivity index (χ1n) is 5.89. The highest BCUT2D eigenvalue weighted by molar-refractivity contribution is 9.10. The van der Waals surface area contributed by atoms with E-state index in [4.69, 9.17) is 0 Å². The van der Waals surface area contributed by atoms with Crippen molar-refractivity contribution in [2.45, 2.75) is 39.4 Å². The van der Waals surface area contributed by atoms with Crippen molar-refractivity contribution in [3.63, 3.8) is 0 Å². The Hall–Kier alpha value is -0.290. The SMILES string of the molecule is CCCSCc1nc(CC(C)C)c(Br)c(=O)[nH]1. The lowest BCUT2D eigenvalue weighted by molar-refractivity contribution is 0.628. The molecular formula is C12H19BrN2OS. The summed E-state index contributed by atoms with van der Waals surface area (Å²) in [5, 5.41) is 0. The first-order valence-corrected chi connectivity index (χ1v) is 7.84.